The van der Waals surface area contributed by atoms with Gasteiger partial charge in [0.25, 0.3) is 0 Å². The molecule has 1 aromatic heterocycles. The standard InChI is InChI=1S/C23H41N9O5S/c1-13(2)9-18(32-19(33)15(24)10-14-11-27-12-29-14)21(35)30-16(6-8-38-3)20(34)31-17(22(36)37)5-4-7-28-23(25)26/h11-13,15-18H,4-10,24H2,1-3H3,(H,27,29)(H,30,35)(H,31,34)(H,32,33)(H,36,37)(H4,25,26,28)/t15-,16-,17-,18-/m0/s1. The number of imidazole rings is 1. The van der Waals surface area contributed by atoms with Crippen LogP contribution in [0, 0.1) is 11.3 Å². The number of carbonyl (C=O) groups is 4. The van der Waals surface area contributed by atoms with Gasteiger partial charge in [-0.1, -0.05) is 13.8 Å². The Morgan fingerprint density at radius 3 is 2.26 bits per heavy atom. The van der Waals surface area contributed by atoms with Crippen molar-refractivity contribution < 1.29 is 24.3 Å². The number of carboxylic acid groups (broad SMARTS) is 1. The Kier molecular flexibility index (Phi) is 14.8. The third-order valence-corrected chi connectivity index (χ3v) is 6.15. The molecule has 3 amide bonds. The van der Waals surface area contributed by atoms with Gasteiger partial charge in [-0.3, -0.25) is 19.8 Å². The first-order valence-corrected chi connectivity index (χ1v) is 13.8. The zero-order valence-corrected chi connectivity index (χ0v) is 22.9. The van der Waals surface area contributed by atoms with Gasteiger partial charge in [-0.25, -0.2) is 9.78 Å². The number of carbonyl (C=O) groups excluding carboxylic acids is 3. The van der Waals surface area contributed by atoms with Crippen molar-refractivity contribution in [1.82, 2.24) is 31.2 Å². The summed E-state index contributed by atoms with van der Waals surface area (Å²) in [5.41, 5.74) is 11.8. The molecule has 4 atom stereocenters. The molecule has 0 aliphatic carbocycles. The van der Waals surface area contributed by atoms with Gasteiger partial charge in [0.05, 0.1) is 18.1 Å². The summed E-state index contributed by atoms with van der Waals surface area (Å²) in [5, 5.41) is 27.1. The second-order valence-corrected chi connectivity index (χ2v) is 10.3. The molecule has 0 spiro atoms. The minimum Gasteiger partial charge on any atom is -0.480 e. The average Bonchev–Trinajstić information content (AvgIpc) is 3.35. The predicted molar refractivity (Wildman–Crippen MR) is 145 cm³/mol. The Morgan fingerprint density at radius 2 is 1.71 bits per heavy atom. The number of H-pyrrole nitrogens is 1. The third kappa shape index (κ3) is 12.8. The van der Waals surface area contributed by atoms with Gasteiger partial charge in [0, 0.05) is 19.2 Å². The molecule has 0 saturated carbocycles. The van der Waals surface area contributed by atoms with Gasteiger partial charge >= 0.3 is 5.97 Å². The maximum absolute atomic E-state index is 13.2. The molecule has 15 heteroatoms. The molecule has 0 saturated heterocycles. The first kappa shape index (κ1) is 32.7. The van der Waals surface area contributed by atoms with Gasteiger partial charge < -0.3 is 42.8 Å². The van der Waals surface area contributed by atoms with Gasteiger partial charge in [0.2, 0.25) is 17.7 Å². The molecule has 0 fully saturated rings. The van der Waals surface area contributed by atoms with Crippen LogP contribution in [0.4, 0.5) is 0 Å². The van der Waals surface area contributed by atoms with Crippen LogP contribution in [0.1, 0.15) is 45.2 Å². The molecule has 0 aliphatic rings. The molecule has 0 unspecified atom stereocenters. The maximum Gasteiger partial charge on any atom is 0.326 e. The van der Waals surface area contributed by atoms with E-state index >= 15 is 0 Å². The molecule has 1 heterocycles. The molecule has 1 rings (SSSR count). The lowest BCUT2D eigenvalue weighted by molar-refractivity contribution is -0.142. The van der Waals surface area contributed by atoms with E-state index in [4.69, 9.17) is 16.9 Å². The normalized spacial score (nSPS) is 14.1. The van der Waals surface area contributed by atoms with Crippen molar-refractivity contribution in [3.63, 3.8) is 0 Å². The average molecular weight is 556 g/mol. The second-order valence-electron chi connectivity index (χ2n) is 9.29. The van der Waals surface area contributed by atoms with Crippen molar-refractivity contribution in [3.8, 4) is 0 Å². The van der Waals surface area contributed by atoms with Crippen molar-refractivity contribution in [1.29, 1.82) is 5.41 Å². The van der Waals surface area contributed by atoms with E-state index in [2.05, 4.69) is 31.2 Å². The van der Waals surface area contributed by atoms with Gasteiger partial charge in [-0.15, -0.1) is 0 Å². The summed E-state index contributed by atoms with van der Waals surface area (Å²) in [4.78, 5) is 57.5. The smallest absolute Gasteiger partial charge is 0.326 e. The van der Waals surface area contributed by atoms with Gasteiger partial charge in [-0.2, -0.15) is 11.8 Å². The third-order valence-electron chi connectivity index (χ3n) is 5.50. The second kappa shape index (κ2) is 17.2. The summed E-state index contributed by atoms with van der Waals surface area (Å²) in [5.74, 6) is -2.58. The summed E-state index contributed by atoms with van der Waals surface area (Å²) in [6.07, 6.45) is 6.16. The van der Waals surface area contributed by atoms with E-state index in [-0.39, 0.29) is 37.7 Å². The monoisotopic (exact) mass is 555 g/mol. The van der Waals surface area contributed by atoms with Crippen LogP contribution in [0.2, 0.25) is 0 Å². The largest absolute Gasteiger partial charge is 0.480 e. The van der Waals surface area contributed by atoms with E-state index in [9.17, 15) is 24.3 Å². The fraction of sp³-hybridized carbons (Fsp3) is 0.652. The number of hydrogen-bond donors (Lipinski definition) is 9. The van der Waals surface area contributed by atoms with Crippen LogP contribution in [-0.4, -0.2) is 87.4 Å². The van der Waals surface area contributed by atoms with Crippen molar-refractivity contribution in [3.05, 3.63) is 18.2 Å². The molecule has 0 aromatic carbocycles. The molecule has 0 radical (unpaired) electrons. The number of aromatic amines is 1. The molecule has 1 aromatic rings. The molecule has 11 N–H and O–H groups in total. The summed E-state index contributed by atoms with van der Waals surface area (Å²) < 4.78 is 0. The lowest BCUT2D eigenvalue weighted by Gasteiger charge is -2.26. The number of nitrogens with zero attached hydrogens (tertiary/aromatic N) is 1. The highest BCUT2D eigenvalue weighted by atomic mass is 32.2. The first-order valence-electron chi connectivity index (χ1n) is 12.4. The van der Waals surface area contributed by atoms with E-state index in [1.807, 2.05) is 20.1 Å². The molecule has 38 heavy (non-hydrogen) atoms. The summed E-state index contributed by atoms with van der Waals surface area (Å²) in [7, 11) is 0. The first-order chi connectivity index (χ1) is 17.9. The Hall–Kier alpha value is -3.33. The fourth-order valence-electron chi connectivity index (χ4n) is 3.54. The van der Waals surface area contributed by atoms with Crippen LogP contribution in [0.3, 0.4) is 0 Å². The number of carboxylic acids is 1. The molecule has 0 bridgehead atoms. The highest BCUT2D eigenvalue weighted by Crippen LogP contribution is 2.09. The minimum atomic E-state index is -1.22. The van der Waals surface area contributed by atoms with Crippen LogP contribution in [0.15, 0.2) is 12.5 Å². The van der Waals surface area contributed by atoms with Crippen LogP contribution in [0.25, 0.3) is 0 Å². The molecular weight excluding hydrogens is 514 g/mol. The van der Waals surface area contributed by atoms with Gasteiger partial charge in [0.15, 0.2) is 5.96 Å². The zero-order chi connectivity index (χ0) is 28.7. The SMILES string of the molecule is CSCC[C@H](NC(=O)[C@H](CC(C)C)NC(=O)[C@@H](N)Cc1c[nH]cn1)C(=O)N[C@@H](CCCNC(=N)N)C(=O)O. The zero-order valence-electron chi connectivity index (χ0n) is 22.1. The number of nitrogens with one attached hydrogen (secondary N) is 6. The van der Waals surface area contributed by atoms with Crippen LogP contribution >= 0.6 is 11.8 Å². The Labute approximate surface area is 226 Å². The number of guanidine groups is 1. The number of rotatable bonds is 18. The summed E-state index contributed by atoms with van der Waals surface area (Å²) in [6, 6.07) is -4.05. The number of thioether (sulfide) groups is 1. The maximum atomic E-state index is 13.2. The van der Waals surface area contributed by atoms with Crippen molar-refractivity contribution in [2.24, 2.45) is 17.4 Å². The number of aromatic nitrogens is 2. The Bertz CT molecular complexity index is 913. The quantitative estimate of drug-likeness (QED) is 0.0600. The highest BCUT2D eigenvalue weighted by Gasteiger charge is 2.30. The molecular formula is C23H41N9O5S. The number of nitrogens with two attached hydrogens (primary N) is 2. The molecule has 0 aliphatic heterocycles. The predicted octanol–water partition coefficient (Wildman–Crippen LogP) is -1.12. The lowest BCUT2D eigenvalue weighted by Crippen LogP contribution is -2.57. The van der Waals surface area contributed by atoms with E-state index in [1.54, 1.807) is 6.20 Å². The molecule has 214 valence electrons. The number of aliphatic carboxylic acids is 1. The van der Waals surface area contributed by atoms with E-state index < -0.39 is 47.9 Å². The van der Waals surface area contributed by atoms with Crippen molar-refractivity contribution >= 4 is 41.4 Å². The van der Waals surface area contributed by atoms with Crippen LogP contribution < -0.4 is 32.7 Å². The summed E-state index contributed by atoms with van der Waals surface area (Å²) in [6.45, 7) is 4.07. The van der Waals surface area contributed by atoms with Crippen molar-refractivity contribution in [2.45, 2.75) is 70.1 Å². The number of amides is 3. The van der Waals surface area contributed by atoms with Crippen LogP contribution in [-0.2, 0) is 25.6 Å². The van der Waals surface area contributed by atoms with Crippen LogP contribution in [0.5, 0.6) is 0 Å². The highest BCUT2D eigenvalue weighted by molar-refractivity contribution is 7.98. The minimum absolute atomic E-state index is 0.0482. The van der Waals surface area contributed by atoms with E-state index in [0.717, 1.165) is 0 Å². The van der Waals surface area contributed by atoms with E-state index in [0.29, 0.717) is 24.3 Å². The molecule has 14 nitrogen and oxygen atoms in total. The van der Waals surface area contributed by atoms with E-state index in [1.165, 1.54) is 18.1 Å². The fourth-order valence-corrected chi connectivity index (χ4v) is 4.01. The lowest BCUT2D eigenvalue weighted by atomic mass is 10.0. The Morgan fingerprint density at radius 1 is 1.08 bits per heavy atom. The summed E-state index contributed by atoms with van der Waals surface area (Å²) >= 11 is 1.47. The van der Waals surface area contributed by atoms with Gasteiger partial charge in [0.1, 0.15) is 18.1 Å². The van der Waals surface area contributed by atoms with Crippen molar-refractivity contribution in [2.75, 3.05) is 18.6 Å². The van der Waals surface area contributed by atoms with Gasteiger partial charge in [-0.05, 0) is 43.6 Å². The Balaban J connectivity index is 2.88. The number of hydrogen-bond acceptors (Lipinski definition) is 8. The topological polar surface area (TPSA) is 241 Å².